The Bertz CT molecular complexity index is 1140. The highest BCUT2D eigenvalue weighted by Crippen LogP contribution is 2.29. The number of para-hydroxylation sites is 3. The Hall–Kier alpha value is -3.36. The Kier molecular flexibility index (Phi) is 8.75. The molecule has 1 aliphatic heterocycles. The first-order chi connectivity index (χ1) is 17.2. The molecular weight excluding hydrogens is 444 g/mol. The van der Waals surface area contributed by atoms with Crippen molar-refractivity contribution in [2.45, 2.75) is 64.0 Å². The van der Waals surface area contributed by atoms with E-state index in [4.69, 9.17) is 9.94 Å². The molecular formula is C27H34N4O4. The molecule has 186 valence electrons. The summed E-state index contributed by atoms with van der Waals surface area (Å²) < 4.78 is 6.24. The number of benzene rings is 2. The lowest BCUT2D eigenvalue weighted by Crippen LogP contribution is -2.41. The number of unbranched alkanes of at least 4 members (excludes halogenated alkanes) is 2. The maximum atomic E-state index is 13.2. The zero-order chi connectivity index (χ0) is 24.5. The van der Waals surface area contributed by atoms with Crippen molar-refractivity contribution in [3.8, 4) is 5.75 Å². The molecule has 2 heterocycles. The number of nitrogens with one attached hydrogen (secondary N) is 4. The van der Waals surface area contributed by atoms with Crippen molar-refractivity contribution in [2.75, 3.05) is 11.9 Å². The fourth-order valence-corrected chi connectivity index (χ4v) is 4.60. The highest BCUT2D eigenvalue weighted by Gasteiger charge is 2.20. The van der Waals surface area contributed by atoms with Crippen LogP contribution < -0.4 is 20.9 Å². The van der Waals surface area contributed by atoms with Crippen molar-refractivity contribution in [2.24, 2.45) is 0 Å². The van der Waals surface area contributed by atoms with E-state index in [2.05, 4.69) is 27.8 Å². The van der Waals surface area contributed by atoms with E-state index in [-0.39, 0.29) is 24.3 Å². The minimum Gasteiger partial charge on any atom is -0.487 e. The molecule has 2 aromatic carbocycles. The summed E-state index contributed by atoms with van der Waals surface area (Å²) in [6.45, 7) is 1.17. The van der Waals surface area contributed by atoms with Crippen LogP contribution in [0.15, 0.2) is 48.5 Å². The average molecular weight is 479 g/mol. The first-order valence-corrected chi connectivity index (χ1v) is 12.4. The third-order valence-electron chi connectivity index (χ3n) is 6.50. The number of rotatable bonds is 6. The van der Waals surface area contributed by atoms with Gasteiger partial charge in [0.15, 0.2) is 0 Å². The fraction of sp³-hybridized carbons (Fsp3) is 0.407. The molecule has 35 heavy (non-hydrogen) atoms. The zero-order valence-electron chi connectivity index (χ0n) is 19.9. The van der Waals surface area contributed by atoms with Gasteiger partial charge in [0.05, 0.1) is 11.7 Å². The SMILES string of the molecule is O=C(CCCCC[C@@H]1NCCCCc2[nH]c3ccccc3c2COc2ccccc2NC1=O)NO. The van der Waals surface area contributed by atoms with Crippen LogP contribution >= 0.6 is 0 Å². The molecule has 8 nitrogen and oxygen atoms in total. The first kappa shape index (κ1) is 24.8. The Morgan fingerprint density at radius 3 is 2.77 bits per heavy atom. The van der Waals surface area contributed by atoms with Gasteiger partial charge in [0.1, 0.15) is 12.4 Å². The molecule has 4 rings (SSSR count). The molecule has 1 aromatic heterocycles. The molecule has 8 heteroatoms. The maximum Gasteiger partial charge on any atom is 0.243 e. The number of hydrogen-bond donors (Lipinski definition) is 5. The average Bonchev–Trinajstić information content (AvgIpc) is 3.23. The van der Waals surface area contributed by atoms with E-state index < -0.39 is 0 Å². The number of hydrogen-bond acceptors (Lipinski definition) is 5. The van der Waals surface area contributed by atoms with E-state index >= 15 is 0 Å². The molecule has 0 radical (unpaired) electrons. The number of aromatic amines is 1. The van der Waals surface area contributed by atoms with Gasteiger partial charge in [-0.2, -0.15) is 0 Å². The van der Waals surface area contributed by atoms with Gasteiger partial charge in [-0.1, -0.05) is 43.2 Å². The van der Waals surface area contributed by atoms with Crippen LogP contribution in [0, 0.1) is 0 Å². The molecule has 0 saturated heterocycles. The predicted molar refractivity (Wildman–Crippen MR) is 135 cm³/mol. The molecule has 1 atom stereocenters. The molecule has 3 aromatic rings. The zero-order valence-corrected chi connectivity index (χ0v) is 19.9. The number of fused-ring (bicyclic) bond motifs is 4. The second kappa shape index (κ2) is 12.4. The monoisotopic (exact) mass is 478 g/mol. The number of aryl methyl sites for hydroxylation is 1. The summed E-state index contributed by atoms with van der Waals surface area (Å²) in [5.41, 5.74) is 5.79. The van der Waals surface area contributed by atoms with Crippen molar-refractivity contribution in [1.29, 1.82) is 0 Å². The van der Waals surface area contributed by atoms with Gasteiger partial charge in [-0.25, -0.2) is 5.48 Å². The summed E-state index contributed by atoms with van der Waals surface area (Å²) in [5.74, 6) is 0.176. The molecule has 0 saturated carbocycles. The third kappa shape index (κ3) is 6.61. The number of anilines is 1. The van der Waals surface area contributed by atoms with Crippen molar-refractivity contribution >= 4 is 28.4 Å². The van der Waals surface area contributed by atoms with Gasteiger partial charge in [0.2, 0.25) is 11.8 Å². The van der Waals surface area contributed by atoms with Crippen molar-refractivity contribution in [3.63, 3.8) is 0 Å². The summed E-state index contributed by atoms with van der Waals surface area (Å²) in [6, 6.07) is 15.5. The second-order valence-corrected chi connectivity index (χ2v) is 9.00. The van der Waals surface area contributed by atoms with E-state index in [9.17, 15) is 9.59 Å². The topological polar surface area (TPSA) is 115 Å². The van der Waals surface area contributed by atoms with Gasteiger partial charge in [0, 0.05) is 28.6 Å². The summed E-state index contributed by atoms with van der Waals surface area (Å²) >= 11 is 0. The molecule has 0 unspecified atom stereocenters. The molecule has 0 aliphatic carbocycles. The summed E-state index contributed by atoms with van der Waals surface area (Å²) in [4.78, 5) is 27.9. The van der Waals surface area contributed by atoms with Crippen LogP contribution in [-0.2, 0) is 22.6 Å². The number of carbonyl (C=O) groups is 2. The Morgan fingerprint density at radius 1 is 1.06 bits per heavy atom. The molecule has 5 N–H and O–H groups in total. The number of hydroxylamine groups is 1. The Balaban J connectivity index is 1.48. The highest BCUT2D eigenvalue weighted by atomic mass is 16.5. The number of amides is 2. The van der Waals surface area contributed by atoms with Crippen LogP contribution in [0.1, 0.15) is 56.2 Å². The summed E-state index contributed by atoms with van der Waals surface area (Å²) in [7, 11) is 0. The predicted octanol–water partition coefficient (Wildman–Crippen LogP) is 4.44. The lowest BCUT2D eigenvalue weighted by atomic mass is 10.0. The largest absolute Gasteiger partial charge is 0.487 e. The molecule has 1 aliphatic rings. The van der Waals surface area contributed by atoms with Crippen molar-refractivity contribution in [3.05, 3.63) is 59.8 Å². The van der Waals surface area contributed by atoms with Crippen LogP contribution in [-0.4, -0.2) is 34.6 Å². The van der Waals surface area contributed by atoms with Gasteiger partial charge < -0.3 is 20.4 Å². The Labute approximate surface area is 205 Å². The normalized spacial score (nSPS) is 16.9. The third-order valence-corrected chi connectivity index (χ3v) is 6.50. The van der Waals surface area contributed by atoms with Crippen LogP contribution in [0.2, 0.25) is 0 Å². The van der Waals surface area contributed by atoms with Gasteiger partial charge in [-0.3, -0.25) is 14.8 Å². The lowest BCUT2D eigenvalue weighted by Gasteiger charge is -2.20. The van der Waals surface area contributed by atoms with E-state index in [0.29, 0.717) is 30.9 Å². The van der Waals surface area contributed by atoms with Crippen molar-refractivity contribution in [1.82, 2.24) is 15.8 Å². The summed E-state index contributed by atoms with van der Waals surface area (Å²) in [6.07, 6.45) is 6.09. The van der Waals surface area contributed by atoms with Crippen LogP contribution in [0.3, 0.4) is 0 Å². The molecule has 0 bridgehead atoms. The quantitative estimate of drug-likeness (QED) is 0.204. The minimum absolute atomic E-state index is 0.0843. The number of carbonyl (C=O) groups excluding carboxylic acids is 2. The van der Waals surface area contributed by atoms with Crippen LogP contribution in [0.4, 0.5) is 5.69 Å². The van der Waals surface area contributed by atoms with E-state index in [1.54, 1.807) is 5.48 Å². The van der Waals surface area contributed by atoms with E-state index in [1.165, 1.54) is 16.6 Å². The van der Waals surface area contributed by atoms with Gasteiger partial charge >= 0.3 is 0 Å². The second-order valence-electron chi connectivity index (χ2n) is 9.00. The van der Waals surface area contributed by atoms with E-state index in [0.717, 1.165) is 44.2 Å². The molecule has 2 amide bonds. The van der Waals surface area contributed by atoms with Crippen LogP contribution in [0.25, 0.3) is 10.9 Å². The van der Waals surface area contributed by atoms with Gasteiger partial charge in [0.25, 0.3) is 0 Å². The molecule has 0 fully saturated rings. The first-order valence-electron chi connectivity index (χ1n) is 12.4. The van der Waals surface area contributed by atoms with E-state index in [1.807, 2.05) is 36.4 Å². The fourth-order valence-electron chi connectivity index (χ4n) is 4.60. The minimum atomic E-state index is -0.381. The summed E-state index contributed by atoms with van der Waals surface area (Å²) in [5, 5.41) is 16.3. The molecule has 0 spiro atoms. The number of aromatic nitrogens is 1. The van der Waals surface area contributed by atoms with Gasteiger partial charge in [-0.05, 0) is 56.8 Å². The highest BCUT2D eigenvalue weighted by molar-refractivity contribution is 5.96. The lowest BCUT2D eigenvalue weighted by molar-refractivity contribution is -0.129. The number of H-pyrrole nitrogens is 1. The van der Waals surface area contributed by atoms with Gasteiger partial charge in [-0.15, -0.1) is 0 Å². The van der Waals surface area contributed by atoms with Crippen molar-refractivity contribution < 1.29 is 19.5 Å². The number of ether oxygens (including phenoxy) is 1. The van der Waals surface area contributed by atoms with Crippen LogP contribution in [0.5, 0.6) is 5.75 Å². The Morgan fingerprint density at radius 2 is 1.89 bits per heavy atom. The maximum absolute atomic E-state index is 13.2. The standard InChI is InChI=1S/C27H34N4O4/c32-26(31-34)16-3-1-2-14-24-27(33)30-23-13-6-7-15-25(23)35-18-20-19-10-4-5-11-21(19)29-22(20)12-8-9-17-28-24/h4-7,10-11,13,15,24,28-29,34H,1-3,8-9,12,14,16-18H2,(H,30,33)(H,31,32)/t24-/m0/s1. The smallest absolute Gasteiger partial charge is 0.243 e.